The fourth-order valence-corrected chi connectivity index (χ4v) is 12.3. The first-order valence-electron chi connectivity index (χ1n) is 37.2. The molecule has 0 fully saturated rings. The number of nitrogens with two attached hydrogens (primary N) is 1. The van der Waals surface area contributed by atoms with E-state index < -0.39 is 16.1 Å². The molecule has 0 radical (unpaired) electrons. The summed E-state index contributed by atoms with van der Waals surface area (Å²) in [7, 11) is 4.28. The molecule has 0 aliphatic carbocycles. The van der Waals surface area contributed by atoms with Crippen molar-refractivity contribution in [2.24, 2.45) is 0 Å². The number of ether oxygens (including phenoxy) is 6. The Bertz CT molecular complexity index is 5800. The number of fused-ring (bicyclic) bond motifs is 4. The molecule has 0 aliphatic rings. The van der Waals surface area contributed by atoms with Crippen LogP contribution in [0.3, 0.4) is 0 Å². The van der Waals surface area contributed by atoms with Crippen LogP contribution < -0.4 is 61.9 Å². The number of hydrogen-bond donors (Lipinski definition) is 12. The first kappa shape index (κ1) is 89.9. The van der Waals surface area contributed by atoms with E-state index in [1.165, 1.54) is 50.6 Å². The number of H-pyrrole nitrogens is 2. The van der Waals surface area contributed by atoms with Crippen LogP contribution in [-0.4, -0.2) is 201 Å². The third kappa shape index (κ3) is 28.4. The summed E-state index contributed by atoms with van der Waals surface area (Å²) in [4.78, 5) is 81.6. The van der Waals surface area contributed by atoms with Crippen LogP contribution in [0.2, 0.25) is 56.5 Å². The molecule has 0 saturated heterocycles. The molecule has 12 heterocycles. The molecule has 0 spiro atoms. The molecule has 0 unspecified atom stereocenters. The summed E-state index contributed by atoms with van der Waals surface area (Å²) in [5, 5.41) is 63.3. The first-order valence-corrected chi connectivity index (χ1v) is 44.9. The number of methoxy groups -OCH3 is 4. The van der Waals surface area contributed by atoms with Crippen molar-refractivity contribution >= 4 is 171 Å². The standard InChI is InChI=1S/C22H28N8O2Si.C18H26N6O2Si.2C16H14N8O.C4H3ClN2.2CH2O2/c1-31-19-10-18-16(12-27-30(18)15-32-7-8-33(2,3)4)9-17(19)28-21-11-22(26-14-25-21)29-20-5-6-23-13-24-20;1-25-16-8-15-13(7-14(16)23-18-9-17(19)20-11-21-18)10-22-24(15)12-26-5-6-27(2,3)4;2*1-25-13-5-11-10(7-21-24-11)4-12(13)22-15-6-16(20-9-19-15)23-14-2-3-17-8-18-14;5-4-1-2-6-3-7-4;2*2-1-3/h5-6,9-14H,7-8,15H2,1-4H3,(H2,23,24,25,26,28,29);7-11H,5-6,12H2,1-4H3,(H3,19,20,21,23);2*2-9H,1H3,(H,21,24)(H2,17,18,19,20,22,23);1-3H;2*1H,(H,2,3). The normalized spacial score (nSPS) is 10.7. The van der Waals surface area contributed by atoms with Crippen molar-refractivity contribution in [2.45, 2.75) is 64.8 Å². The lowest BCUT2D eigenvalue weighted by Gasteiger charge is -2.15. The minimum absolute atomic E-state index is 0.250. The molecule has 42 nitrogen and oxygen atoms in total. The largest absolute Gasteiger partial charge is 0.494 e. The van der Waals surface area contributed by atoms with Gasteiger partial charge in [0.25, 0.3) is 12.9 Å². The number of carboxylic acid groups (broad SMARTS) is 2. The van der Waals surface area contributed by atoms with E-state index in [0.29, 0.717) is 106 Å². The van der Waals surface area contributed by atoms with Gasteiger partial charge in [-0.15, -0.1) is 0 Å². The molecule has 4 aromatic carbocycles. The first-order chi connectivity index (χ1) is 59.6. The molecular weight excluding hydrogens is 1640 g/mol. The average molecular weight is 1730 g/mol. The van der Waals surface area contributed by atoms with Crippen LogP contribution in [0.1, 0.15) is 0 Å². The molecule has 636 valence electrons. The number of nitrogens with one attached hydrogen (secondary N) is 9. The summed E-state index contributed by atoms with van der Waals surface area (Å²) in [6.07, 6.45) is 25.3. The second-order valence-corrected chi connectivity index (χ2v) is 39.5. The molecule has 16 aromatic rings. The van der Waals surface area contributed by atoms with Gasteiger partial charge in [-0.1, -0.05) is 50.9 Å². The van der Waals surface area contributed by atoms with E-state index >= 15 is 0 Å². The number of carbonyl (C=O) groups is 2. The van der Waals surface area contributed by atoms with Crippen LogP contribution in [0, 0.1) is 0 Å². The number of anilines is 15. The highest BCUT2D eigenvalue weighted by Crippen LogP contribution is 2.37. The van der Waals surface area contributed by atoms with Crippen LogP contribution in [0.25, 0.3) is 43.6 Å². The van der Waals surface area contributed by atoms with Gasteiger partial charge in [0, 0.05) is 124 Å². The van der Waals surface area contributed by atoms with E-state index in [1.54, 1.807) is 114 Å². The molecule has 0 bridgehead atoms. The molecule has 16 rings (SSSR count). The Morgan fingerprint density at radius 2 is 0.699 bits per heavy atom. The molecule has 12 aromatic heterocycles. The van der Waals surface area contributed by atoms with Gasteiger partial charge in [0.05, 0.1) is 98.0 Å². The maximum Gasteiger partial charge on any atom is 0.290 e. The average Bonchev–Trinajstić information content (AvgIpc) is 1.66. The molecular formula is C78H89ClN32O10Si2. The van der Waals surface area contributed by atoms with Crippen LogP contribution in [0.15, 0.2) is 197 Å². The highest BCUT2D eigenvalue weighted by atomic mass is 35.5. The highest BCUT2D eigenvalue weighted by molar-refractivity contribution is 6.76. The van der Waals surface area contributed by atoms with Gasteiger partial charge in [-0.2, -0.15) is 20.4 Å². The van der Waals surface area contributed by atoms with Gasteiger partial charge in [-0.3, -0.25) is 19.8 Å². The van der Waals surface area contributed by atoms with Gasteiger partial charge in [0.2, 0.25) is 0 Å². The lowest BCUT2D eigenvalue weighted by atomic mass is 10.2. The number of benzene rings is 4. The van der Waals surface area contributed by atoms with Gasteiger partial charge < -0.3 is 81.6 Å². The van der Waals surface area contributed by atoms with E-state index in [0.717, 1.165) is 91.7 Å². The van der Waals surface area contributed by atoms with Gasteiger partial charge in [-0.05, 0) is 60.6 Å². The SMILES string of the molecule is COc1cc2[nH]ncc2cc1Nc1cc(Nc2ccncn2)ncn1.COc1cc2[nH]ncc2cc1Nc1cc(Nc2ccncn2)ncn1.COc1cc2c(cnn2COCC[Si](C)(C)C)cc1Nc1cc(N)ncn1.COc1cc2c(cnn2COCC[Si](C)(C)C)cc1Nc1cc(Nc2ccncn2)ncn1.Clc1ccncn1.O=CO.O=CO. The van der Waals surface area contributed by atoms with E-state index in [1.807, 2.05) is 70.3 Å². The number of hydrogen-bond acceptors (Lipinski definition) is 36. The minimum atomic E-state index is -1.12. The number of rotatable bonds is 28. The summed E-state index contributed by atoms with van der Waals surface area (Å²) >= 11 is 5.39. The molecule has 0 atom stereocenters. The quantitative estimate of drug-likeness (QED) is 0.00938. The Morgan fingerprint density at radius 1 is 0.390 bits per heavy atom. The van der Waals surface area contributed by atoms with Gasteiger partial charge in [0.15, 0.2) is 0 Å². The number of aromatic nitrogens is 24. The second kappa shape index (κ2) is 45.5. The smallest absolute Gasteiger partial charge is 0.290 e. The van der Waals surface area contributed by atoms with E-state index in [2.05, 4.69) is 187 Å². The molecule has 123 heavy (non-hydrogen) atoms. The maximum absolute atomic E-state index is 8.36. The van der Waals surface area contributed by atoms with Gasteiger partial charge in [-0.25, -0.2) is 89.1 Å². The van der Waals surface area contributed by atoms with Crippen molar-refractivity contribution in [1.82, 2.24) is 120 Å². The van der Waals surface area contributed by atoms with Crippen LogP contribution in [-0.2, 0) is 32.5 Å². The number of nitrogens with zero attached hydrogens (tertiary/aromatic N) is 22. The van der Waals surface area contributed by atoms with Gasteiger partial charge in [0.1, 0.15) is 156 Å². The van der Waals surface area contributed by atoms with Crippen molar-refractivity contribution in [2.75, 3.05) is 84.6 Å². The molecule has 45 heteroatoms. The maximum atomic E-state index is 8.36. The predicted molar refractivity (Wildman–Crippen MR) is 472 cm³/mol. The zero-order valence-corrected chi connectivity index (χ0v) is 71.1. The Labute approximate surface area is 710 Å². The minimum Gasteiger partial charge on any atom is -0.494 e. The van der Waals surface area contributed by atoms with Crippen molar-refractivity contribution in [1.29, 1.82) is 0 Å². The van der Waals surface area contributed by atoms with Crippen LogP contribution in [0.5, 0.6) is 23.0 Å². The Balaban J connectivity index is 0.000000164. The van der Waals surface area contributed by atoms with Crippen LogP contribution in [0.4, 0.5) is 86.7 Å². The number of halogens is 1. The molecule has 13 N–H and O–H groups in total. The monoisotopic (exact) mass is 1720 g/mol. The lowest BCUT2D eigenvalue weighted by molar-refractivity contribution is -0.123. The Kier molecular flexibility index (Phi) is 33.3. The van der Waals surface area contributed by atoms with E-state index in [-0.39, 0.29) is 12.9 Å². The predicted octanol–water partition coefficient (Wildman–Crippen LogP) is 13.7. The van der Waals surface area contributed by atoms with E-state index in [4.69, 9.17) is 65.6 Å². The second-order valence-electron chi connectivity index (χ2n) is 27.8. The Morgan fingerprint density at radius 3 is 1.00 bits per heavy atom. The molecule has 0 aliphatic heterocycles. The van der Waals surface area contributed by atoms with Gasteiger partial charge >= 0.3 is 0 Å². The zero-order valence-electron chi connectivity index (χ0n) is 68.3. The molecule has 0 amide bonds. The summed E-state index contributed by atoms with van der Waals surface area (Å²) < 4.78 is 37.4. The summed E-state index contributed by atoms with van der Waals surface area (Å²) in [6.45, 7) is 15.9. The van der Waals surface area contributed by atoms with Crippen molar-refractivity contribution < 1.29 is 48.2 Å². The summed E-state index contributed by atoms with van der Waals surface area (Å²) in [6, 6.07) is 31.7. The third-order valence-electron chi connectivity index (χ3n) is 16.7. The summed E-state index contributed by atoms with van der Waals surface area (Å²) in [5.74, 6) is 9.34. The number of nitrogen functional groups attached to an aromatic ring is 1. The third-order valence-corrected chi connectivity index (χ3v) is 20.3. The van der Waals surface area contributed by atoms with E-state index in [9.17, 15) is 0 Å². The highest BCUT2D eigenvalue weighted by Gasteiger charge is 2.19. The fraction of sp³-hybridized carbons (Fsp3) is 0.205. The lowest BCUT2D eigenvalue weighted by Crippen LogP contribution is -2.22. The van der Waals surface area contributed by atoms with Crippen molar-refractivity contribution in [3.8, 4) is 23.0 Å². The van der Waals surface area contributed by atoms with Crippen LogP contribution >= 0.6 is 11.6 Å². The Hall–Kier alpha value is -15.4. The van der Waals surface area contributed by atoms with Crippen molar-refractivity contribution in [3.63, 3.8) is 0 Å². The number of aromatic amines is 2. The summed E-state index contributed by atoms with van der Waals surface area (Å²) in [5.41, 5.74) is 12.5. The zero-order chi connectivity index (χ0) is 87.4. The van der Waals surface area contributed by atoms with Crippen molar-refractivity contribution in [3.05, 3.63) is 202 Å². The fourth-order valence-electron chi connectivity index (χ4n) is 10.7. The molecule has 0 saturated carbocycles. The topological polar surface area (TPSA) is 539 Å².